The fourth-order valence-corrected chi connectivity index (χ4v) is 3.04. The first-order valence-electron chi connectivity index (χ1n) is 6.58. The highest BCUT2D eigenvalue weighted by Gasteiger charge is 2.61. The van der Waals surface area contributed by atoms with Crippen molar-refractivity contribution in [3.05, 3.63) is 23.1 Å². The topological polar surface area (TPSA) is 157 Å². The van der Waals surface area contributed by atoms with Crippen LogP contribution < -0.4 is 5.73 Å². The summed E-state index contributed by atoms with van der Waals surface area (Å²) < 4.78 is 13.2. The van der Waals surface area contributed by atoms with E-state index in [4.69, 9.17) is 20.7 Å². The van der Waals surface area contributed by atoms with Gasteiger partial charge in [0, 0.05) is 4.91 Å². The second-order valence-electron chi connectivity index (χ2n) is 5.24. The SMILES string of the molecule is [N-]=[N+]=N[C@@H]1[C@@H]2OC[C@@]1(CO)O[C@H]2n1cnc2c(N)ncnc21. The van der Waals surface area contributed by atoms with E-state index in [1.165, 1.54) is 12.7 Å². The van der Waals surface area contributed by atoms with Gasteiger partial charge in [0.05, 0.1) is 19.5 Å². The van der Waals surface area contributed by atoms with Gasteiger partial charge in [-0.05, 0) is 5.53 Å². The molecule has 0 amide bonds. The summed E-state index contributed by atoms with van der Waals surface area (Å²) in [6.07, 6.45) is 1.70. The molecule has 3 N–H and O–H groups in total. The number of rotatable bonds is 3. The number of aliphatic hydroxyl groups is 1. The Kier molecular flexibility index (Phi) is 2.71. The van der Waals surface area contributed by atoms with Gasteiger partial charge in [-0.3, -0.25) is 4.57 Å². The van der Waals surface area contributed by atoms with Crippen LogP contribution in [0.25, 0.3) is 21.6 Å². The van der Waals surface area contributed by atoms with Crippen LogP contribution in [0.2, 0.25) is 0 Å². The first kappa shape index (κ1) is 13.2. The monoisotopic (exact) mass is 304 g/mol. The molecule has 2 saturated heterocycles. The van der Waals surface area contributed by atoms with Crippen LogP contribution in [0.15, 0.2) is 17.8 Å². The van der Waals surface area contributed by atoms with Gasteiger partial charge in [0.25, 0.3) is 0 Å². The van der Waals surface area contributed by atoms with Crippen molar-refractivity contribution < 1.29 is 14.6 Å². The lowest BCUT2D eigenvalue weighted by atomic mass is 9.98. The minimum Gasteiger partial charge on any atom is -0.393 e. The lowest BCUT2D eigenvalue weighted by molar-refractivity contribution is -0.182. The molecule has 22 heavy (non-hydrogen) atoms. The fourth-order valence-electron chi connectivity index (χ4n) is 3.04. The molecule has 0 saturated carbocycles. The Morgan fingerprint density at radius 1 is 1.55 bits per heavy atom. The number of anilines is 1. The van der Waals surface area contributed by atoms with Gasteiger partial charge in [0.15, 0.2) is 17.7 Å². The van der Waals surface area contributed by atoms with E-state index in [1.807, 2.05) is 0 Å². The molecule has 0 aliphatic carbocycles. The summed E-state index contributed by atoms with van der Waals surface area (Å²) in [4.78, 5) is 15.0. The van der Waals surface area contributed by atoms with E-state index in [9.17, 15) is 5.11 Å². The van der Waals surface area contributed by atoms with Gasteiger partial charge >= 0.3 is 0 Å². The van der Waals surface area contributed by atoms with Gasteiger partial charge in [-0.15, -0.1) is 0 Å². The molecule has 4 rings (SSSR count). The zero-order chi connectivity index (χ0) is 15.3. The lowest BCUT2D eigenvalue weighted by Gasteiger charge is -2.29. The maximum atomic E-state index is 9.65. The molecular weight excluding hydrogens is 292 g/mol. The predicted molar refractivity (Wildman–Crippen MR) is 72.3 cm³/mol. The summed E-state index contributed by atoms with van der Waals surface area (Å²) in [5.41, 5.74) is 14.4. The molecule has 2 aromatic heterocycles. The Bertz CT molecular complexity index is 787. The molecule has 2 aliphatic heterocycles. The molecule has 2 bridgehead atoms. The maximum Gasteiger partial charge on any atom is 0.167 e. The highest BCUT2D eigenvalue weighted by Crippen LogP contribution is 2.47. The normalized spacial score (nSPS) is 33.2. The molecule has 0 spiro atoms. The summed E-state index contributed by atoms with van der Waals surface area (Å²) in [6.45, 7) is -0.147. The van der Waals surface area contributed by atoms with Crippen LogP contribution in [0.4, 0.5) is 5.82 Å². The number of hydrogen-bond acceptors (Lipinski definition) is 8. The summed E-state index contributed by atoms with van der Waals surface area (Å²) in [5.74, 6) is 0.260. The largest absolute Gasteiger partial charge is 0.393 e. The first-order chi connectivity index (χ1) is 10.7. The second kappa shape index (κ2) is 4.52. The van der Waals surface area contributed by atoms with Crippen molar-refractivity contribution in [3.8, 4) is 0 Å². The molecule has 11 heteroatoms. The van der Waals surface area contributed by atoms with E-state index in [-0.39, 0.29) is 19.0 Å². The van der Waals surface area contributed by atoms with Gasteiger partial charge in [-0.1, -0.05) is 5.11 Å². The number of aliphatic hydroxyl groups excluding tert-OH is 1. The van der Waals surface area contributed by atoms with E-state index >= 15 is 0 Å². The van der Waals surface area contributed by atoms with Crippen molar-refractivity contribution in [3.63, 3.8) is 0 Å². The number of nitrogens with zero attached hydrogens (tertiary/aromatic N) is 7. The molecule has 11 nitrogen and oxygen atoms in total. The minimum absolute atomic E-state index is 0.165. The molecule has 2 fully saturated rings. The third kappa shape index (κ3) is 1.56. The number of imidazole rings is 1. The van der Waals surface area contributed by atoms with Crippen molar-refractivity contribution in [2.75, 3.05) is 18.9 Å². The third-order valence-corrected chi connectivity index (χ3v) is 4.11. The van der Waals surface area contributed by atoms with Gasteiger partial charge in [-0.2, -0.15) is 0 Å². The number of hydrogen-bond donors (Lipinski definition) is 2. The summed E-state index contributed by atoms with van der Waals surface area (Å²) in [6, 6.07) is -0.621. The van der Waals surface area contributed by atoms with Crippen molar-refractivity contribution in [2.45, 2.75) is 24.0 Å². The van der Waals surface area contributed by atoms with E-state index in [0.29, 0.717) is 11.2 Å². The molecule has 4 heterocycles. The van der Waals surface area contributed by atoms with Crippen LogP contribution >= 0.6 is 0 Å². The second-order valence-corrected chi connectivity index (χ2v) is 5.24. The first-order valence-corrected chi connectivity index (χ1v) is 6.58. The number of fused-ring (bicyclic) bond motifs is 3. The molecule has 2 aromatic rings. The van der Waals surface area contributed by atoms with E-state index in [2.05, 4.69) is 25.0 Å². The molecule has 0 aromatic carbocycles. The Hall–Kier alpha value is -2.46. The smallest absolute Gasteiger partial charge is 0.167 e. The summed E-state index contributed by atoms with van der Waals surface area (Å²) in [7, 11) is 0. The van der Waals surface area contributed by atoms with Gasteiger partial charge in [0.1, 0.15) is 29.6 Å². The predicted octanol–water partition coefficient (Wildman–Crippen LogP) is -0.254. The molecule has 2 aliphatic rings. The summed E-state index contributed by atoms with van der Waals surface area (Å²) >= 11 is 0. The van der Waals surface area contributed by atoms with Gasteiger partial charge in [0.2, 0.25) is 0 Å². The van der Waals surface area contributed by atoms with E-state index < -0.39 is 24.0 Å². The van der Waals surface area contributed by atoms with Gasteiger partial charge < -0.3 is 20.3 Å². The Morgan fingerprint density at radius 2 is 2.41 bits per heavy atom. The molecule has 0 unspecified atom stereocenters. The van der Waals surface area contributed by atoms with Crippen molar-refractivity contribution in [1.82, 2.24) is 19.5 Å². The van der Waals surface area contributed by atoms with Crippen molar-refractivity contribution >= 4 is 17.0 Å². The van der Waals surface area contributed by atoms with Crippen LogP contribution in [-0.4, -0.2) is 55.6 Å². The number of azide groups is 1. The standard InChI is InChI=1S/C11H12N8O3/c12-8-5-9(15-3-14-8)19(4-16-5)10-6-7(17-18-13)11(1-20,22-10)2-21-6/h3-4,6-7,10,20H,1-2H2,(H2,12,14,15)/t6-,7+,10+,11+/m0/s1. The number of nitrogens with two attached hydrogens (primary N) is 1. The van der Waals surface area contributed by atoms with Crippen LogP contribution in [-0.2, 0) is 9.47 Å². The lowest BCUT2D eigenvalue weighted by Crippen LogP contribution is -2.43. The highest BCUT2D eigenvalue weighted by atomic mass is 16.6. The Labute approximate surface area is 123 Å². The van der Waals surface area contributed by atoms with Crippen molar-refractivity contribution in [2.24, 2.45) is 5.11 Å². The summed E-state index contributed by atoms with van der Waals surface area (Å²) in [5, 5.41) is 13.4. The Morgan fingerprint density at radius 3 is 3.18 bits per heavy atom. The van der Waals surface area contributed by atoms with E-state index in [1.54, 1.807) is 4.57 Å². The van der Waals surface area contributed by atoms with E-state index in [0.717, 1.165) is 0 Å². The molecule has 0 radical (unpaired) electrons. The van der Waals surface area contributed by atoms with Crippen LogP contribution in [0, 0.1) is 0 Å². The average molecular weight is 304 g/mol. The van der Waals surface area contributed by atoms with Gasteiger partial charge in [-0.25, -0.2) is 15.0 Å². The van der Waals surface area contributed by atoms with Crippen LogP contribution in [0.3, 0.4) is 0 Å². The number of ether oxygens (including phenoxy) is 2. The molecular formula is C11H12N8O3. The zero-order valence-corrected chi connectivity index (χ0v) is 11.3. The van der Waals surface area contributed by atoms with Crippen LogP contribution in [0.5, 0.6) is 0 Å². The van der Waals surface area contributed by atoms with Crippen molar-refractivity contribution in [1.29, 1.82) is 0 Å². The Balaban J connectivity index is 1.81. The maximum absolute atomic E-state index is 9.65. The van der Waals surface area contributed by atoms with Crippen LogP contribution in [0.1, 0.15) is 6.23 Å². The average Bonchev–Trinajstić information content (AvgIpc) is 3.19. The molecule has 114 valence electrons. The minimum atomic E-state index is -1.04. The quantitative estimate of drug-likeness (QED) is 0.449. The zero-order valence-electron chi connectivity index (χ0n) is 11.3. The highest BCUT2D eigenvalue weighted by molar-refractivity contribution is 5.81. The fraction of sp³-hybridized carbons (Fsp3) is 0.545. The molecule has 4 atom stereocenters. The number of aromatic nitrogens is 4. The number of nitrogen functional groups attached to an aromatic ring is 1. The third-order valence-electron chi connectivity index (χ3n) is 4.11.